The van der Waals surface area contributed by atoms with Crippen LogP contribution in [0.5, 0.6) is 0 Å². The standard InChI is InChI=1S/C19H20N4O6S/c1-14(24)20-16-4-2-3-15(13-16)19(25)21-9-11-22(12-10-21)30(28,29)18-7-5-17(6-8-18)23(26)27/h2-8,13H,9-12H2,1H3,(H,20,24). The minimum Gasteiger partial charge on any atom is -0.336 e. The van der Waals surface area contributed by atoms with Gasteiger partial charge in [-0.1, -0.05) is 6.07 Å². The first-order chi connectivity index (χ1) is 14.2. The molecule has 1 heterocycles. The third-order valence-corrected chi connectivity index (χ3v) is 6.55. The van der Waals surface area contributed by atoms with E-state index < -0.39 is 14.9 Å². The van der Waals surface area contributed by atoms with Gasteiger partial charge < -0.3 is 10.2 Å². The average molecular weight is 432 g/mol. The van der Waals surface area contributed by atoms with Crippen molar-refractivity contribution in [2.45, 2.75) is 11.8 Å². The number of rotatable bonds is 5. The van der Waals surface area contributed by atoms with Gasteiger partial charge in [-0.15, -0.1) is 0 Å². The molecule has 0 unspecified atom stereocenters. The zero-order valence-corrected chi connectivity index (χ0v) is 17.0. The van der Waals surface area contributed by atoms with Crippen LogP contribution in [-0.2, 0) is 14.8 Å². The molecule has 158 valence electrons. The number of piperazine rings is 1. The average Bonchev–Trinajstić information content (AvgIpc) is 2.73. The van der Waals surface area contributed by atoms with Crippen molar-refractivity contribution in [1.82, 2.24) is 9.21 Å². The first-order valence-electron chi connectivity index (χ1n) is 9.10. The van der Waals surface area contributed by atoms with Gasteiger partial charge in [0.05, 0.1) is 9.82 Å². The van der Waals surface area contributed by atoms with Gasteiger partial charge in [0.2, 0.25) is 15.9 Å². The van der Waals surface area contributed by atoms with Gasteiger partial charge in [0.15, 0.2) is 0 Å². The number of non-ortho nitro benzene ring substituents is 1. The van der Waals surface area contributed by atoms with Crippen molar-refractivity contribution in [3.8, 4) is 0 Å². The van der Waals surface area contributed by atoms with Crippen LogP contribution in [0.25, 0.3) is 0 Å². The molecule has 10 nitrogen and oxygen atoms in total. The lowest BCUT2D eigenvalue weighted by atomic mass is 10.1. The Balaban J connectivity index is 1.67. The topological polar surface area (TPSA) is 130 Å². The highest BCUT2D eigenvalue weighted by Crippen LogP contribution is 2.21. The van der Waals surface area contributed by atoms with E-state index in [1.807, 2.05) is 0 Å². The monoisotopic (exact) mass is 432 g/mol. The molecule has 0 saturated carbocycles. The summed E-state index contributed by atoms with van der Waals surface area (Å²) in [5, 5.41) is 13.4. The second-order valence-electron chi connectivity index (χ2n) is 6.71. The van der Waals surface area contributed by atoms with E-state index in [-0.39, 0.29) is 48.6 Å². The Morgan fingerprint density at radius 2 is 1.67 bits per heavy atom. The molecule has 1 aliphatic heterocycles. The fourth-order valence-corrected chi connectivity index (χ4v) is 4.56. The van der Waals surface area contributed by atoms with Gasteiger partial charge in [-0.25, -0.2) is 8.42 Å². The lowest BCUT2D eigenvalue weighted by Crippen LogP contribution is -2.50. The highest BCUT2D eigenvalue weighted by Gasteiger charge is 2.30. The number of anilines is 1. The summed E-state index contributed by atoms with van der Waals surface area (Å²) in [5.74, 6) is -0.501. The van der Waals surface area contributed by atoms with Crippen molar-refractivity contribution in [1.29, 1.82) is 0 Å². The highest BCUT2D eigenvalue weighted by molar-refractivity contribution is 7.89. The van der Waals surface area contributed by atoms with Gasteiger partial charge in [0.25, 0.3) is 11.6 Å². The first-order valence-corrected chi connectivity index (χ1v) is 10.5. The van der Waals surface area contributed by atoms with E-state index in [2.05, 4.69) is 5.32 Å². The summed E-state index contributed by atoms with van der Waals surface area (Å²) in [7, 11) is -3.81. The number of sulfonamides is 1. The summed E-state index contributed by atoms with van der Waals surface area (Å²) < 4.78 is 26.8. The van der Waals surface area contributed by atoms with Gasteiger partial charge >= 0.3 is 0 Å². The zero-order valence-electron chi connectivity index (χ0n) is 16.1. The molecule has 11 heteroatoms. The van der Waals surface area contributed by atoms with Crippen molar-refractivity contribution in [3.63, 3.8) is 0 Å². The molecule has 0 spiro atoms. The third-order valence-electron chi connectivity index (χ3n) is 4.64. The number of nitro groups is 1. The maximum atomic E-state index is 12.8. The molecule has 0 bridgehead atoms. The van der Waals surface area contributed by atoms with Gasteiger partial charge in [0, 0.05) is 56.5 Å². The Morgan fingerprint density at radius 3 is 2.23 bits per heavy atom. The predicted octanol–water partition coefficient (Wildman–Crippen LogP) is 1.70. The smallest absolute Gasteiger partial charge is 0.269 e. The molecule has 1 aliphatic rings. The van der Waals surface area contributed by atoms with Crippen LogP contribution in [0.2, 0.25) is 0 Å². The summed E-state index contributed by atoms with van der Waals surface area (Å²) in [6.07, 6.45) is 0. The second-order valence-corrected chi connectivity index (χ2v) is 8.65. The number of carbonyl (C=O) groups is 2. The minimum absolute atomic E-state index is 0.0316. The van der Waals surface area contributed by atoms with Crippen LogP contribution in [0.3, 0.4) is 0 Å². The van der Waals surface area contributed by atoms with Crippen molar-refractivity contribution in [3.05, 3.63) is 64.2 Å². The van der Waals surface area contributed by atoms with E-state index in [9.17, 15) is 28.1 Å². The summed E-state index contributed by atoms with van der Waals surface area (Å²) in [6, 6.07) is 11.2. The highest BCUT2D eigenvalue weighted by atomic mass is 32.2. The van der Waals surface area contributed by atoms with E-state index in [0.717, 1.165) is 12.1 Å². The SMILES string of the molecule is CC(=O)Nc1cccc(C(=O)N2CCN(S(=O)(=O)c3ccc([N+](=O)[O-])cc3)CC2)c1. The summed E-state index contributed by atoms with van der Waals surface area (Å²) >= 11 is 0. The Morgan fingerprint density at radius 1 is 1.03 bits per heavy atom. The molecule has 1 fully saturated rings. The molecule has 3 rings (SSSR count). The number of hydrogen-bond acceptors (Lipinski definition) is 6. The minimum atomic E-state index is -3.81. The number of benzene rings is 2. The number of nitro benzene ring substituents is 1. The third kappa shape index (κ3) is 4.63. The van der Waals surface area contributed by atoms with Gasteiger partial charge in [-0.3, -0.25) is 19.7 Å². The van der Waals surface area contributed by atoms with Crippen LogP contribution >= 0.6 is 0 Å². The van der Waals surface area contributed by atoms with Crippen molar-refractivity contribution in [2.24, 2.45) is 0 Å². The Hall–Kier alpha value is -3.31. The van der Waals surface area contributed by atoms with Gasteiger partial charge in [0.1, 0.15) is 0 Å². The van der Waals surface area contributed by atoms with E-state index in [1.165, 1.54) is 23.4 Å². The number of carbonyl (C=O) groups excluding carboxylic acids is 2. The molecule has 2 amide bonds. The van der Waals surface area contributed by atoms with Crippen molar-refractivity contribution in [2.75, 3.05) is 31.5 Å². The molecule has 0 aromatic heterocycles. The lowest BCUT2D eigenvalue weighted by molar-refractivity contribution is -0.384. The van der Waals surface area contributed by atoms with E-state index in [1.54, 1.807) is 29.2 Å². The molecule has 0 aliphatic carbocycles. The molecule has 1 saturated heterocycles. The van der Waals surface area contributed by atoms with Crippen molar-refractivity contribution >= 4 is 33.2 Å². The molecule has 30 heavy (non-hydrogen) atoms. The quantitative estimate of drug-likeness (QED) is 0.565. The van der Waals surface area contributed by atoms with Crippen LogP contribution in [0.1, 0.15) is 17.3 Å². The molecular formula is C19H20N4O6S. The Labute approximate surface area is 173 Å². The zero-order chi connectivity index (χ0) is 21.9. The second kappa shape index (κ2) is 8.59. The van der Waals surface area contributed by atoms with Crippen LogP contribution in [0, 0.1) is 10.1 Å². The molecule has 2 aromatic rings. The normalized spacial score (nSPS) is 14.9. The Kier molecular flexibility index (Phi) is 6.13. The predicted molar refractivity (Wildman–Crippen MR) is 109 cm³/mol. The number of amides is 2. The van der Waals surface area contributed by atoms with E-state index >= 15 is 0 Å². The molecule has 0 atom stereocenters. The number of nitrogens with one attached hydrogen (secondary N) is 1. The summed E-state index contributed by atoms with van der Waals surface area (Å²) in [4.78, 5) is 35.6. The lowest BCUT2D eigenvalue weighted by Gasteiger charge is -2.34. The van der Waals surface area contributed by atoms with Crippen molar-refractivity contribution < 1.29 is 22.9 Å². The van der Waals surface area contributed by atoms with Crippen LogP contribution in [0.4, 0.5) is 11.4 Å². The first kappa shape index (κ1) is 21.4. The van der Waals surface area contributed by atoms with Gasteiger partial charge in [-0.05, 0) is 30.3 Å². The number of hydrogen-bond donors (Lipinski definition) is 1. The van der Waals surface area contributed by atoms with Crippen LogP contribution in [-0.4, -0.2) is 60.5 Å². The fourth-order valence-electron chi connectivity index (χ4n) is 3.14. The molecule has 2 aromatic carbocycles. The van der Waals surface area contributed by atoms with Crippen LogP contribution < -0.4 is 5.32 Å². The van der Waals surface area contributed by atoms with E-state index in [4.69, 9.17) is 0 Å². The molecule has 0 radical (unpaired) electrons. The van der Waals surface area contributed by atoms with Crippen LogP contribution in [0.15, 0.2) is 53.4 Å². The number of nitrogens with zero attached hydrogens (tertiary/aromatic N) is 3. The summed E-state index contributed by atoms with van der Waals surface area (Å²) in [5.41, 5.74) is 0.714. The largest absolute Gasteiger partial charge is 0.336 e. The maximum absolute atomic E-state index is 12.8. The molecule has 1 N–H and O–H groups in total. The molecular weight excluding hydrogens is 412 g/mol. The fraction of sp³-hybridized carbons (Fsp3) is 0.263. The van der Waals surface area contributed by atoms with E-state index in [0.29, 0.717) is 11.3 Å². The van der Waals surface area contributed by atoms with Gasteiger partial charge in [-0.2, -0.15) is 4.31 Å². The summed E-state index contributed by atoms with van der Waals surface area (Å²) in [6.45, 7) is 2.00. The Bertz CT molecular complexity index is 1080. The maximum Gasteiger partial charge on any atom is 0.269 e.